The zero-order valence-electron chi connectivity index (χ0n) is 11.6. The zero-order chi connectivity index (χ0) is 14.2. The van der Waals surface area contributed by atoms with E-state index in [0.29, 0.717) is 12.6 Å². The number of piperidine rings is 1. The van der Waals surface area contributed by atoms with Gasteiger partial charge in [-0.05, 0) is 33.2 Å². The summed E-state index contributed by atoms with van der Waals surface area (Å²) in [6.07, 6.45) is 3.49. The van der Waals surface area contributed by atoms with Gasteiger partial charge in [0.25, 0.3) is 0 Å². The fraction of sp³-hybridized carbons (Fsp3) is 0.917. The summed E-state index contributed by atoms with van der Waals surface area (Å²) in [5.41, 5.74) is 5.52. The van der Waals surface area contributed by atoms with Gasteiger partial charge in [-0.25, -0.2) is 8.42 Å². The molecular formula is C12H23N3O2S2. The Balaban J connectivity index is 2.18. The van der Waals surface area contributed by atoms with Crippen molar-refractivity contribution < 1.29 is 8.42 Å². The lowest BCUT2D eigenvalue weighted by atomic mass is 9.99. The van der Waals surface area contributed by atoms with Crippen molar-refractivity contribution in [1.29, 1.82) is 0 Å². The van der Waals surface area contributed by atoms with Gasteiger partial charge >= 0.3 is 0 Å². The first kappa shape index (κ1) is 15.2. The van der Waals surface area contributed by atoms with E-state index < -0.39 is 15.3 Å². The number of hydrogen-bond acceptors (Lipinski definition) is 4. The highest BCUT2D eigenvalue weighted by atomic mass is 32.2. The van der Waals surface area contributed by atoms with Gasteiger partial charge in [0.1, 0.15) is 5.25 Å². The van der Waals surface area contributed by atoms with Gasteiger partial charge in [0.2, 0.25) is 10.0 Å². The topological polar surface area (TPSA) is 66.6 Å². The van der Waals surface area contributed by atoms with E-state index in [9.17, 15) is 8.42 Å². The number of sulfonamides is 1. The average Bonchev–Trinajstić information content (AvgIpc) is 2.36. The summed E-state index contributed by atoms with van der Waals surface area (Å²) in [6, 6.07) is 0.356. The van der Waals surface area contributed by atoms with Crippen LogP contribution >= 0.6 is 12.2 Å². The van der Waals surface area contributed by atoms with E-state index in [-0.39, 0.29) is 11.0 Å². The van der Waals surface area contributed by atoms with Gasteiger partial charge in [0.05, 0.1) is 4.99 Å². The molecule has 5 nitrogen and oxygen atoms in total. The molecule has 0 saturated carbocycles. The second-order valence-electron chi connectivity index (χ2n) is 5.65. The minimum absolute atomic E-state index is 0.00356. The molecule has 110 valence electrons. The number of nitrogens with two attached hydrogens (primary N) is 1. The Hall–Kier alpha value is -0.240. The van der Waals surface area contributed by atoms with Crippen LogP contribution in [-0.4, -0.2) is 59.6 Å². The molecule has 2 rings (SSSR count). The molecule has 0 amide bonds. The lowest BCUT2D eigenvalue weighted by Crippen LogP contribution is -2.61. The molecular weight excluding hydrogens is 282 g/mol. The summed E-state index contributed by atoms with van der Waals surface area (Å²) in [5.74, 6) is 0. The Labute approximate surface area is 121 Å². The van der Waals surface area contributed by atoms with E-state index in [1.807, 2.05) is 6.92 Å². The average molecular weight is 305 g/mol. The highest BCUT2D eigenvalue weighted by Crippen LogP contribution is 2.27. The first-order valence-corrected chi connectivity index (χ1v) is 8.79. The van der Waals surface area contributed by atoms with Crippen LogP contribution in [0.25, 0.3) is 0 Å². The quantitative estimate of drug-likeness (QED) is 0.771. The summed E-state index contributed by atoms with van der Waals surface area (Å²) < 4.78 is 26.7. The molecule has 0 aromatic heterocycles. The minimum Gasteiger partial charge on any atom is -0.392 e. The van der Waals surface area contributed by atoms with Crippen LogP contribution in [0, 0.1) is 0 Å². The molecule has 19 heavy (non-hydrogen) atoms. The highest BCUT2D eigenvalue weighted by Gasteiger charge is 2.41. The van der Waals surface area contributed by atoms with Crippen LogP contribution in [-0.2, 0) is 10.0 Å². The molecule has 0 bridgehead atoms. The van der Waals surface area contributed by atoms with Crippen molar-refractivity contribution >= 4 is 27.2 Å². The van der Waals surface area contributed by atoms with Crippen molar-refractivity contribution in [3.63, 3.8) is 0 Å². The molecule has 2 N–H and O–H groups in total. The predicted molar refractivity (Wildman–Crippen MR) is 80.5 cm³/mol. The van der Waals surface area contributed by atoms with Crippen molar-refractivity contribution in [2.45, 2.75) is 50.4 Å². The van der Waals surface area contributed by atoms with Gasteiger partial charge in [0, 0.05) is 25.2 Å². The van der Waals surface area contributed by atoms with Gasteiger partial charge in [-0.1, -0.05) is 18.6 Å². The summed E-state index contributed by atoms with van der Waals surface area (Å²) in [5, 5.41) is -0.778. The molecule has 2 saturated heterocycles. The summed E-state index contributed by atoms with van der Waals surface area (Å²) in [4.78, 5) is 2.48. The molecule has 0 aliphatic carbocycles. The highest BCUT2D eigenvalue weighted by molar-refractivity contribution is 7.92. The van der Waals surface area contributed by atoms with Gasteiger partial charge in [0.15, 0.2) is 0 Å². The van der Waals surface area contributed by atoms with E-state index in [4.69, 9.17) is 18.0 Å². The summed E-state index contributed by atoms with van der Waals surface area (Å²) in [7, 11) is -3.42. The maximum Gasteiger partial charge on any atom is 0.223 e. The molecule has 2 aliphatic rings. The van der Waals surface area contributed by atoms with Gasteiger partial charge in [-0.2, -0.15) is 4.31 Å². The molecule has 7 heteroatoms. The lowest BCUT2D eigenvalue weighted by Gasteiger charge is -2.47. The van der Waals surface area contributed by atoms with E-state index in [0.717, 1.165) is 19.5 Å². The lowest BCUT2D eigenvalue weighted by molar-refractivity contribution is 0.0563. The third-order valence-corrected chi connectivity index (χ3v) is 7.12. The third kappa shape index (κ3) is 2.94. The van der Waals surface area contributed by atoms with Crippen molar-refractivity contribution in [3.05, 3.63) is 0 Å². The number of fused-ring (bicyclic) bond motifs is 1. The Bertz CT molecular complexity index is 452. The Morgan fingerprint density at radius 3 is 2.68 bits per heavy atom. The fourth-order valence-electron chi connectivity index (χ4n) is 3.03. The number of hydrogen-bond donors (Lipinski definition) is 1. The van der Waals surface area contributed by atoms with Crippen molar-refractivity contribution in [2.75, 3.05) is 19.6 Å². The van der Waals surface area contributed by atoms with E-state index >= 15 is 0 Å². The van der Waals surface area contributed by atoms with Gasteiger partial charge in [-0.3, -0.25) is 4.90 Å². The van der Waals surface area contributed by atoms with Crippen molar-refractivity contribution in [2.24, 2.45) is 5.73 Å². The van der Waals surface area contributed by atoms with E-state index in [1.165, 1.54) is 12.8 Å². The largest absolute Gasteiger partial charge is 0.392 e. The second kappa shape index (κ2) is 5.63. The minimum atomic E-state index is -3.42. The normalized spacial score (nSPS) is 31.7. The van der Waals surface area contributed by atoms with E-state index in [2.05, 4.69) is 4.90 Å². The monoisotopic (exact) mass is 305 g/mol. The Morgan fingerprint density at radius 2 is 2.05 bits per heavy atom. The fourth-order valence-corrected chi connectivity index (χ4v) is 5.04. The molecule has 0 aromatic carbocycles. The molecule has 0 radical (unpaired) electrons. The molecule has 2 aliphatic heterocycles. The smallest absolute Gasteiger partial charge is 0.223 e. The SMILES string of the molecule is CC1CN2CCCCC2CN1S(=O)(=O)C(C)C(N)=S. The molecule has 3 unspecified atom stereocenters. The van der Waals surface area contributed by atoms with Crippen LogP contribution in [0.5, 0.6) is 0 Å². The third-order valence-electron chi connectivity index (χ3n) is 4.30. The molecule has 3 atom stereocenters. The maximum atomic E-state index is 12.6. The van der Waals surface area contributed by atoms with Crippen molar-refractivity contribution in [1.82, 2.24) is 9.21 Å². The number of thiocarbonyl (C=S) groups is 1. The molecule has 2 fully saturated rings. The van der Waals surface area contributed by atoms with Gasteiger partial charge in [-0.15, -0.1) is 0 Å². The van der Waals surface area contributed by atoms with Gasteiger partial charge < -0.3 is 5.73 Å². The Kier molecular flexibility index (Phi) is 4.49. The first-order chi connectivity index (χ1) is 8.84. The molecule has 2 heterocycles. The van der Waals surface area contributed by atoms with Crippen molar-refractivity contribution in [3.8, 4) is 0 Å². The van der Waals surface area contributed by atoms with E-state index in [1.54, 1.807) is 11.2 Å². The van der Waals surface area contributed by atoms with Crippen LogP contribution in [0.2, 0.25) is 0 Å². The number of nitrogens with zero attached hydrogens (tertiary/aromatic N) is 2. The van der Waals surface area contributed by atoms with Crippen LogP contribution < -0.4 is 5.73 Å². The summed E-state index contributed by atoms with van der Waals surface area (Å²) in [6.45, 7) is 6.03. The first-order valence-electron chi connectivity index (χ1n) is 6.88. The summed E-state index contributed by atoms with van der Waals surface area (Å²) >= 11 is 4.85. The van der Waals surface area contributed by atoms with Crippen LogP contribution in [0.3, 0.4) is 0 Å². The molecule has 0 aromatic rings. The van der Waals surface area contributed by atoms with Crippen LogP contribution in [0.4, 0.5) is 0 Å². The Morgan fingerprint density at radius 1 is 1.37 bits per heavy atom. The molecule has 0 spiro atoms. The van der Waals surface area contributed by atoms with Crippen LogP contribution in [0.1, 0.15) is 33.1 Å². The van der Waals surface area contributed by atoms with Crippen LogP contribution in [0.15, 0.2) is 0 Å². The number of piperazine rings is 1. The zero-order valence-corrected chi connectivity index (χ0v) is 13.2. The second-order valence-corrected chi connectivity index (χ2v) is 8.33. The standard InChI is InChI=1S/C12H23N3O2S2/c1-9-7-14-6-4-3-5-11(14)8-15(9)19(16,17)10(2)12(13)18/h9-11H,3-8H2,1-2H3,(H2,13,18). The maximum absolute atomic E-state index is 12.6. The predicted octanol–water partition coefficient (Wildman–Crippen LogP) is 0.549. The number of rotatable bonds is 3.